The summed E-state index contributed by atoms with van der Waals surface area (Å²) in [6.45, 7) is -0.217. The van der Waals surface area contributed by atoms with Crippen LogP contribution in [0, 0.1) is 0 Å². The van der Waals surface area contributed by atoms with Crippen LogP contribution in [0.4, 0.5) is 4.79 Å². The molecule has 0 unspecified atom stereocenters. The molecule has 3 amide bonds. The molecule has 0 aliphatic rings. The minimum Gasteiger partial charge on any atom is -0.451 e. The lowest BCUT2D eigenvalue weighted by molar-refractivity contribution is -0.123. The molecule has 0 aliphatic heterocycles. The lowest BCUT2D eigenvalue weighted by Gasteiger charge is -2.06. The van der Waals surface area contributed by atoms with E-state index in [1.54, 1.807) is 6.07 Å². The molecule has 0 radical (unpaired) electrons. The third-order valence-electron chi connectivity index (χ3n) is 2.36. The fraction of sp³-hybridized carbons (Fsp3) is 0.154. The number of urea groups is 1. The summed E-state index contributed by atoms with van der Waals surface area (Å²) in [5.41, 5.74) is 0. The van der Waals surface area contributed by atoms with Crippen molar-refractivity contribution in [2.75, 3.05) is 6.61 Å². The summed E-state index contributed by atoms with van der Waals surface area (Å²) in [4.78, 5) is 35.8. The van der Waals surface area contributed by atoms with Crippen LogP contribution >= 0.6 is 34.3 Å². The minimum atomic E-state index is -0.709. The molecule has 0 saturated heterocycles. The van der Waals surface area contributed by atoms with Gasteiger partial charge in [-0.05, 0) is 23.6 Å². The maximum atomic E-state index is 11.6. The zero-order valence-corrected chi connectivity index (χ0v) is 13.5. The second-order valence-electron chi connectivity index (χ2n) is 3.99. The Hall–Kier alpha value is -1.90. The third kappa shape index (κ3) is 5.14. The van der Waals surface area contributed by atoms with E-state index in [9.17, 15) is 14.4 Å². The average molecular weight is 359 g/mol. The van der Waals surface area contributed by atoms with Gasteiger partial charge in [-0.2, -0.15) is 0 Å². The van der Waals surface area contributed by atoms with Gasteiger partial charge in [-0.1, -0.05) is 17.7 Å². The molecule has 2 aromatic heterocycles. The van der Waals surface area contributed by atoms with E-state index in [4.69, 9.17) is 16.3 Å². The van der Waals surface area contributed by atoms with Crippen LogP contribution in [0.1, 0.15) is 14.5 Å². The van der Waals surface area contributed by atoms with Crippen molar-refractivity contribution in [3.63, 3.8) is 0 Å². The third-order valence-corrected chi connectivity index (χ3v) is 4.45. The first-order valence-corrected chi connectivity index (χ1v) is 8.14. The second-order valence-corrected chi connectivity index (χ2v) is 6.74. The molecule has 2 rings (SSSR count). The number of thiophene rings is 2. The SMILES string of the molecule is O=C(COC(=O)c1ccc(Cl)s1)NC(=O)NCc1cccs1. The molecule has 2 heterocycles. The number of hydrogen-bond donors (Lipinski definition) is 2. The van der Waals surface area contributed by atoms with Crippen LogP contribution < -0.4 is 10.6 Å². The summed E-state index contributed by atoms with van der Waals surface area (Å²) in [5, 5.41) is 6.48. The van der Waals surface area contributed by atoms with Gasteiger partial charge in [0, 0.05) is 4.88 Å². The number of ether oxygens (including phenoxy) is 1. The highest BCUT2D eigenvalue weighted by molar-refractivity contribution is 7.17. The predicted molar refractivity (Wildman–Crippen MR) is 84.3 cm³/mol. The van der Waals surface area contributed by atoms with Gasteiger partial charge in [0.2, 0.25) is 0 Å². The molecule has 2 N–H and O–H groups in total. The number of rotatable bonds is 5. The Labute approximate surface area is 139 Å². The Bertz CT molecular complexity index is 669. The van der Waals surface area contributed by atoms with Gasteiger partial charge >= 0.3 is 12.0 Å². The molecule has 0 aliphatic carbocycles. The first-order valence-electron chi connectivity index (χ1n) is 6.07. The number of hydrogen-bond acceptors (Lipinski definition) is 6. The van der Waals surface area contributed by atoms with E-state index in [1.165, 1.54) is 17.4 Å². The molecule has 0 bridgehead atoms. The maximum Gasteiger partial charge on any atom is 0.348 e. The van der Waals surface area contributed by atoms with Crippen molar-refractivity contribution in [2.45, 2.75) is 6.54 Å². The average Bonchev–Trinajstić information content (AvgIpc) is 3.14. The Morgan fingerprint density at radius 3 is 2.68 bits per heavy atom. The van der Waals surface area contributed by atoms with E-state index in [1.807, 2.05) is 17.5 Å². The van der Waals surface area contributed by atoms with Crippen LogP contribution in [0.3, 0.4) is 0 Å². The maximum absolute atomic E-state index is 11.6. The van der Waals surface area contributed by atoms with Gasteiger partial charge in [0.15, 0.2) is 6.61 Å². The zero-order chi connectivity index (χ0) is 15.9. The predicted octanol–water partition coefficient (Wildman–Crippen LogP) is 2.65. The van der Waals surface area contributed by atoms with Crippen LogP contribution in [0.15, 0.2) is 29.6 Å². The Morgan fingerprint density at radius 1 is 1.23 bits per heavy atom. The summed E-state index contributed by atoms with van der Waals surface area (Å²) in [5.74, 6) is -1.37. The summed E-state index contributed by atoms with van der Waals surface area (Å²) in [6.07, 6.45) is 0. The number of carbonyl (C=O) groups is 3. The summed E-state index contributed by atoms with van der Waals surface area (Å²) >= 11 is 8.23. The standard InChI is InChI=1S/C13H11ClN2O4S2/c14-10-4-3-9(22-10)12(18)20-7-11(17)16-13(19)15-6-8-2-1-5-21-8/h1-5H,6-7H2,(H2,15,16,17,19). The van der Waals surface area contributed by atoms with Gasteiger partial charge in [0.05, 0.1) is 10.9 Å². The number of imide groups is 1. The van der Waals surface area contributed by atoms with Gasteiger partial charge in [-0.3, -0.25) is 10.1 Å². The molecule has 0 atom stereocenters. The number of amides is 3. The molecule has 22 heavy (non-hydrogen) atoms. The monoisotopic (exact) mass is 358 g/mol. The number of esters is 1. The highest BCUT2D eigenvalue weighted by Gasteiger charge is 2.14. The van der Waals surface area contributed by atoms with E-state index >= 15 is 0 Å². The molecule has 6 nitrogen and oxygen atoms in total. The van der Waals surface area contributed by atoms with Gasteiger partial charge in [0.25, 0.3) is 5.91 Å². The van der Waals surface area contributed by atoms with Crippen LogP contribution in [0.5, 0.6) is 0 Å². The van der Waals surface area contributed by atoms with Crippen molar-refractivity contribution in [1.82, 2.24) is 10.6 Å². The Balaban J connectivity index is 1.68. The van der Waals surface area contributed by atoms with Crippen molar-refractivity contribution in [3.05, 3.63) is 43.7 Å². The number of carbonyl (C=O) groups excluding carboxylic acids is 3. The van der Waals surface area contributed by atoms with Crippen LogP contribution in [0.25, 0.3) is 0 Å². The second kappa shape index (κ2) is 7.92. The van der Waals surface area contributed by atoms with Crippen LogP contribution in [-0.2, 0) is 16.1 Å². The Kier molecular flexibility index (Phi) is 5.93. The number of nitrogens with one attached hydrogen (secondary N) is 2. The quantitative estimate of drug-likeness (QED) is 0.805. The van der Waals surface area contributed by atoms with Crippen molar-refractivity contribution in [2.24, 2.45) is 0 Å². The van der Waals surface area contributed by atoms with Crippen molar-refractivity contribution >= 4 is 52.2 Å². The molecule has 9 heteroatoms. The van der Waals surface area contributed by atoms with Gasteiger partial charge in [-0.15, -0.1) is 22.7 Å². The fourth-order valence-corrected chi connectivity index (χ4v) is 3.00. The lowest BCUT2D eigenvalue weighted by Crippen LogP contribution is -2.41. The topological polar surface area (TPSA) is 84.5 Å². The summed E-state index contributed by atoms with van der Waals surface area (Å²) in [7, 11) is 0. The normalized spacial score (nSPS) is 10.0. The molecule has 2 aromatic rings. The van der Waals surface area contributed by atoms with E-state index < -0.39 is 24.5 Å². The number of halogens is 1. The van der Waals surface area contributed by atoms with Gasteiger partial charge in [0.1, 0.15) is 4.88 Å². The summed E-state index contributed by atoms with van der Waals surface area (Å²) in [6, 6.07) is 6.14. The molecule has 116 valence electrons. The van der Waals surface area contributed by atoms with E-state index in [0.717, 1.165) is 16.2 Å². The zero-order valence-electron chi connectivity index (χ0n) is 11.1. The highest BCUT2D eigenvalue weighted by atomic mass is 35.5. The molecule has 0 fully saturated rings. The first kappa shape index (κ1) is 16.5. The van der Waals surface area contributed by atoms with Crippen molar-refractivity contribution in [1.29, 1.82) is 0 Å². The van der Waals surface area contributed by atoms with E-state index in [0.29, 0.717) is 15.8 Å². The van der Waals surface area contributed by atoms with Gasteiger partial charge < -0.3 is 10.1 Å². The molecule has 0 aromatic carbocycles. The van der Waals surface area contributed by atoms with Crippen molar-refractivity contribution in [3.8, 4) is 0 Å². The lowest BCUT2D eigenvalue weighted by atomic mass is 10.5. The summed E-state index contributed by atoms with van der Waals surface area (Å²) < 4.78 is 5.23. The first-order chi connectivity index (χ1) is 10.5. The largest absolute Gasteiger partial charge is 0.451 e. The molecule has 0 spiro atoms. The molecular formula is C13H11ClN2O4S2. The van der Waals surface area contributed by atoms with E-state index in [-0.39, 0.29) is 0 Å². The Morgan fingerprint density at radius 2 is 2.05 bits per heavy atom. The van der Waals surface area contributed by atoms with Crippen LogP contribution in [-0.4, -0.2) is 24.5 Å². The van der Waals surface area contributed by atoms with Crippen molar-refractivity contribution < 1.29 is 19.1 Å². The smallest absolute Gasteiger partial charge is 0.348 e. The van der Waals surface area contributed by atoms with Gasteiger partial charge in [-0.25, -0.2) is 9.59 Å². The minimum absolute atomic E-state index is 0.292. The fourth-order valence-electron chi connectivity index (χ4n) is 1.41. The van der Waals surface area contributed by atoms with Crippen LogP contribution in [0.2, 0.25) is 4.34 Å². The van der Waals surface area contributed by atoms with E-state index in [2.05, 4.69) is 10.6 Å². The molecular weight excluding hydrogens is 348 g/mol. The highest BCUT2D eigenvalue weighted by Crippen LogP contribution is 2.21. The molecule has 0 saturated carbocycles.